The predicted molar refractivity (Wildman–Crippen MR) is 71.7 cm³/mol. The summed E-state index contributed by atoms with van der Waals surface area (Å²) in [6, 6.07) is 2.84. The van der Waals surface area contributed by atoms with E-state index in [1.54, 1.807) is 0 Å². The van der Waals surface area contributed by atoms with E-state index in [0.29, 0.717) is 23.8 Å². The van der Waals surface area contributed by atoms with Crippen molar-refractivity contribution in [3.05, 3.63) is 27.8 Å². The zero-order valence-corrected chi connectivity index (χ0v) is 11.3. The van der Waals surface area contributed by atoms with Gasteiger partial charge in [-0.3, -0.25) is 10.1 Å². The lowest BCUT2D eigenvalue weighted by Crippen LogP contribution is -2.08. The van der Waals surface area contributed by atoms with Crippen LogP contribution >= 0.6 is 0 Å². The van der Waals surface area contributed by atoms with Gasteiger partial charge in [-0.05, 0) is 24.8 Å². The van der Waals surface area contributed by atoms with Crippen molar-refractivity contribution < 1.29 is 19.1 Å². The van der Waals surface area contributed by atoms with Gasteiger partial charge in [-0.1, -0.05) is 0 Å². The van der Waals surface area contributed by atoms with Crippen molar-refractivity contribution in [3.63, 3.8) is 0 Å². The number of nitrogens with two attached hydrogens (primary N) is 1. The molecule has 7 heteroatoms. The first-order valence-corrected chi connectivity index (χ1v) is 6.41. The first-order chi connectivity index (χ1) is 9.65. The molecule has 0 unspecified atom stereocenters. The van der Waals surface area contributed by atoms with Gasteiger partial charge in [0.15, 0.2) is 18.3 Å². The average molecular weight is 282 g/mol. The maximum Gasteiger partial charge on any atom is 0.277 e. The lowest BCUT2D eigenvalue weighted by atomic mass is 10.1. The minimum Gasteiger partial charge on any atom is -0.493 e. The van der Waals surface area contributed by atoms with Gasteiger partial charge in [0.05, 0.1) is 24.7 Å². The summed E-state index contributed by atoms with van der Waals surface area (Å²) in [7, 11) is 1.47. The van der Waals surface area contributed by atoms with E-state index in [9.17, 15) is 10.1 Å². The Morgan fingerprint density at radius 2 is 2.15 bits per heavy atom. The van der Waals surface area contributed by atoms with E-state index in [1.807, 2.05) is 0 Å². The molecule has 0 radical (unpaired) electrons. The first kappa shape index (κ1) is 14.5. The zero-order valence-electron chi connectivity index (χ0n) is 11.3. The molecule has 1 aliphatic rings. The Labute approximate surface area is 116 Å². The number of ether oxygens (including phenoxy) is 3. The lowest BCUT2D eigenvalue weighted by Gasteiger charge is -2.12. The van der Waals surface area contributed by atoms with Crippen LogP contribution in [0.1, 0.15) is 18.4 Å². The van der Waals surface area contributed by atoms with Crippen molar-refractivity contribution in [2.24, 2.45) is 11.7 Å². The SMILES string of the molecule is COc1cc(CN)c([N+](=O)[O-])cc1OCOCC1CC1. The molecule has 0 aliphatic heterocycles. The highest BCUT2D eigenvalue weighted by Gasteiger charge is 2.22. The fourth-order valence-electron chi connectivity index (χ4n) is 1.80. The minimum atomic E-state index is -0.487. The molecular weight excluding hydrogens is 264 g/mol. The molecule has 1 aromatic rings. The van der Waals surface area contributed by atoms with Crippen LogP contribution < -0.4 is 15.2 Å². The largest absolute Gasteiger partial charge is 0.493 e. The highest BCUT2D eigenvalue weighted by atomic mass is 16.7. The molecule has 0 heterocycles. The fourth-order valence-corrected chi connectivity index (χ4v) is 1.80. The molecule has 0 aromatic heterocycles. The topological polar surface area (TPSA) is 96.9 Å². The van der Waals surface area contributed by atoms with Gasteiger partial charge in [0.25, 0.3) is 5.69 Å². The zero-order chi connectivity index (χ0) is 14.5. The van der Waals surface area contributed by atoms with Crippen LogP contribution in [0.2, 0.25) is 0 Å². The number of nitro benzene ring substituents is 1. The van der Waals surface area contributed by atoms with Crippen LogP contribution in [0.5, 0.6) is 11.5 Å². The van der Waals surface area contributed by atoms with Crippen LogP contribution in [0.15, 0.2) is 12.1 Å². The maximum absolute atomic E-state index is 11.0. The quantitative estimate of drug-likeness (QED) is 0.338. The number of benzene rings is 1. The van der Waals surface area contributed by atoms with Gasteiger partial charge in [0.1, 0.15) is 0 Å². The highest BCUT2D eigenvalue weighted by molar-refractivity contribution is 5.54. The Kier molecular flexibility index (Phi) is 4.75. The van der Waals surface area contributed by atoms with Crippen LogP contribution in [0, 0.1) is 16.0 Å². The van der Waals surface area contributed by atoms with Crippen LogP contribution in [-0.4, -0.2) is 25.4 Å². The van der Waals surface area contributed by atoms with Crippen molar-refractivity contribution >= 4 is 5.69 Å². The highest BCUT2D eigenvalue weighted by Crippen LogP contribution is 2.34. The van der Waals surface area contributed by atoms with E-state index in [2.05, 4.69) is 0 Å². The lowest BCUT2D eigenvalue weighted by molar-refractivity contribution is -0.385. The summed E-state index contributed by atoms with van der Waals surface area (Å²) in [4.78, 5) is 10.5. The van der Waals surface area contributed by atoms with E-state index in [0.717, 1.165) is 0 Å². The molecule has 1 aromatic carbocycles. The number of hydrogen-bond donors (Lipinski definition) is 1. The maximum atomic E-state index is 11.0. The van der Waals surface area contributed by atoms with Gasteiger partial charge in [-0.2, -0.15) is 0 Å². The summed E-state index contributed by atoms with van der Waals surface area (Å²) in [6.45, 7) is 0.766. The van der Waals surface area contributed by atoms with Crippen molar-refractivity contribution in [1.82, 2.24) is 0 Å². The Hall–Kier alpha value is -1.86. The van der Waals surface area contributed by atoms with Crippen LogP contribution in [0.25, 0.3) is 0 Å². The summed E-state index contributed by atoms with van der Waals surface area (Å²) in [5.74, 6) is 1.33. The number of nitrogens with zero attached hydrogens (tertiary/aromatic N) is 1. The molecule has 1 saturated carbocycles. The molecule has 0 atom stereocenters. The van der Waals surface area contributed by atoms with Gasteiger partial charge in [-0.25, -0.2) is 0 Å². The van der Waals surface area contributed by atoms with Gasteiger partial charge < -0.3 is 19.9 Å². The van der Waals surface area contributed by atoms with E-state index < -0.39 is 4.92 Å². The van der Waals surface area contributed by atoms with E-state index in [-0.39, 0.29) is 24.8 Å². The summed E-state index contributed by atoms with van der Waals surface area (Å²) in [6.07, 6.45) is 2.39. The van der Waals surface area contributed by atoms with Gasteiger partial charge in [0, 0.05) is 12.1 Å². The molecule has 7 nitrogen and oxygen atoms in total. The smallest absolute Gasteiger partial charge is 0.277 e. The monoisotopic (exact) mass is 282 g/mol. The van der Waals surface area contributed by atoms with Crippen molar-refractivity contribution in [2.75, 3.05) is 20.5 Å². The van der Waals surface area contributed by atoms with Crippen LogP contribution in [-0.2, 0) is 11.3 Å². The molecule has 20 heavy (non-hydrogen) atoms. The summed E-state index contributed by atoms with van der Waals surface area (Å²) in [5.41, 5.74) is 5.82. The van der Waals surface area contributed by atoms with E-state index >= 15 is 0 Å². The van der Waals surface area contributed by atoms with E-state index in [4.69, 9.17) is 19.9 Å². The predicted octanol–water partition coefficient (Wildman–Crippen LogP) is 1.82. The van der Waals surface area contributed by atoms with Crippen molar-refractivity contribution in [1.29, 1.82) is 0 Å². The molecule has 0 saturated heterocycles. The minimum absolute atomic E-state index is 0.0476. The third kappa shape index (κ3) is 3.58. The number of rotatable bonds is 8. The number of nitro groups is 1. The molecule has 0 amide bonds. The molecular formula is C13H18N2O5. The van der Waals surface area contributed by atoms with Gasteiger partial charge in [0.2, 0.25) is 0 Å². The molecule has 110 valence electrons. The Morgan fingerprint density at radius 1 is 1.40 bits per heavy atom. The van der Waals surface area contributed by atoms with Crippen LogP contribution in [0.4, 0.5) is 5.69 Å². The van der Waals surface area contributed by atoms with Crippen molar-refractivity contribution in [3.8, 4) is 11.5 Å². The first-order valence-electron chi connectivity index (χ1n) is 6.41. The standard InChI is InChI=1S/C13H18N2O5/c1-18-12-4-10(6-14)11(15(16)17)5-13(12)20-8-19-7-9-2-3-9/h4-5,9H,2-3,6-8,14H2,1H3. The molecule has 2 rings (SSSR count). The van der Waals surface area contributed by atoms with Gasteiger partial charge in [-0.15, -0.1) is 0 Å². The Bertz CT molecular complexity index is 488. The number of hydrogen-bond acceptors (Lipinski definition) is 6. The molecule has 1 aliphatic carbocycles. The summed E-state index contributed by atoms with van der Waals surface area (Å²) < 4.78 is 15.9. The van der Waals surface area contributed by atoms with Crippen molar-refractivity contribution in [2.45, 2.75) is 19.4 Å². The number of methoxy groups -OCH3 is 1. The molecule has 2 N–H and O–H groups in total. The van der Waals surface area contributed by atoms with E-state index in [1.165, 1.54) is 32.1 Å². The Balaban J connectivity index is 2.07. The van der Waals surface area contributed by atoms with Crippen LogP contribution in [0.3, 0.4) is 0 Å². The summed E-state index contributed by atoms with van der Waals surface area (Å²) in [5, 5.41) is 11.0. The second-order valence-corrected chi connectivity index (χ2v) is 4.67. The molecule has 0 bridgehead atoms. The fraction of sp³-hybridized carbons (Fsp3) is 0.538. The summed E-state index contributed by atoms with van der Waals surface area (Å²) >= 11 is 0. The Morgan fingerprint density at radius 3 is 2.70 bits per heavy atom. The molecule has 0 spiro atoms. The van der Waals surface area contributed by atoms with Gasteiger partial charge >= 0.3 is 0 Å². The average Bonchev–Trinajstić information content (AvgIpc) is 3.26. The second-order valence-electron chi connectivity index (χ2n) is 4.67. The third-order valence-electron chi connectivity index (χ3n) is 3.13. The second kappa shape index (κ2) is 6.53. The molecule has 1 fully saturated rings. The normalized spacial score (nSPS) is 14.1. The third-order valence-corrected chi connectivity index (χ3v) is 3.13.